The number of hydrogen-bond donors (Lipinski definition) is 0. The maximum atomic E-state index is 12.2. The Balaban J connectivity index is 2.04. The molecule has 0 saturated carbocycles. The SMILES string of the molecule is O=C(c1ccccc1)c1ccc(OCCCI)cc1. The van der Waals surface area contributed by atoms with Gasteiger partial charge in [0.25, 0.3) is 0 Å². The number of rotatable bonds is 6. The van der Waals surface area contributed by atoms with E-state index < -0.39 is 0 Å². The first-order valence-corrected chi connectivity index (χ1v) is 7.72. The molecule has 0 heterocycles. The van der Waals surface area contributed by atoms with Crippen LogP contribution in [0, 0.1) is 0 Å². The number of ether oxygens (including phenoxy) is 1. The summed E-state index contributed by atoms with van der Waals surface area (Å²) >= 11 is 2.33. The first-order chi connectivity index (χ1) is 9.31. The molecule has 2 nitrogen and oxygen atoms in total. The molecule has 98 valence electrons. The Morgan fingerprint density at radius 2 is 1.58 bits per heavy atom. The first kappa shape index (κ1) is 14.1. The quantitative estimate of drug-likeness (QED) is 0.333. The number of benzene rings is 2. The first-order valence-electron chi connectivity index (χ1n) is 6.20. The van der Waals surface area contributed by atoms with Crippen LogP contribution in [-0.2, 0) is 0 Å². The lowest BCUT2D eigenvalue weighted by molar-refractivity contribution is 0.103. The molecule has 0 N–H and O–H groups in total. The second-order valence-corrected chi connectivity index (χ2v) is 5.19. The number of halogens is 1. The van der Waals surface area contributed by atoms with E-state index in [2.05, 4.69) is 22.6 Å². The highest BCUT2D eigenvalue weighted by Gasteiger charge is 2.08. The second kappa shape index (κ2) is 7.28. The van der Waals surface area contributed by atoms with Gasteiger partial charge in [0, 0.05) is 15.6 Å². The van der Waals surface area contributed by atoms with E-state index in [4.69, 9.17) is 4.74 Å². The van der Waals surface area contributed by atoms with Gasteiger partial charge in [-0.1, -0.05) is 52.9 Å². The number of carbonyl (C=O) groups excluding carboxylic acids is 1. The molecule has 0 aliphatic carbocycles. The standard InChI is InChI=1S/C16H15IO2/c17-11-4-12-19-15-9-7-14(8-10-15)16(18)13-5-2-1-3-6-13/h1-3,5-10H,4,11-12H2. The predicted octanol–water partition coefficient (Wildman–Crippen LogP) is 4.12. The summed E-state index contributed by atoms with van der Waals surface area (Å²) < 4.78 is 6.66. The fourth-order valence-electron chi connectivity index (χ4n) is 1.70. The van der Waals surface area contributed by atoms with Crippen LogP contribution in [0.2, 0.25) is 0 Å². The van der Waals surface area contributed by atoms with Gasteiger partial charge in [-0.3, -0.25) is 4.79 Å². The Morgan fingerprint density at radius 3 is 2.21 bits per heavy atom. The second-order valence-electron chi connectivity index (χ2n) is 4.11. The molecular weight excluding hydrogens is 351 g/mol. The minimum Gasteiger partial charge on any atom is -0.494 e. The van der Waals surface area contributed by atoms with Crippen molar-refractivity contribution in [3.05, 3.63) is 65.7 Å². The van der Waals surface area contributed by atoms with Crippen molar-refractivity contribution in [2.24, 2.45) is 0 Å². The molecule has 2 rings (SSSR count). The monoisotopic (exact) mass is 366 g/mol. The van der Waals surface area contributed by atoms with Crippen molar-refractivity contribution in [1.82, 2.24) is 0 Å². The van der Waals surface area contributed by atoms with Gasteiger partial charge in [0.15, 0.2) is 5.78 Å². The average molecular weight is 366 g/mol. The molecule has 0 aliphatic heterocycles. The maximum absolute atomic E-state index is 12.2. The molecule has 3 heteroatoms. The number of hydrogen-bond acceptors (Lipinski definition) is 2. The van der Waals surface area contributed by atoms with Crippen molar-refractivity contribution in [2.45, 2.75) is 6.42 Å². The summed E-state index contributed by atoms with van der Waals surface area (Å²) in [5, 5.41) is 0. The summed E-state index contributed by atoms with van der Waals surface area (Å²) in [7, 11) is 0. The molecule has 0 amide bonds. The van der Waals surface area contributed by atoms with E-state index in [1.165, 1.54) is 0 Å². The number of carbonyl (C=O) groups is 1. The smallest absolute Gasteiger partial charge is 0.193 e. The molecule has 2 aromatic rings. The topological polar surface area (TPSA) is 26.3 Å². The zero-order chi connectivity index (χ0) is 13.5. The van der Waals surface area contributed by atoms with Gasteiger partial charge in [-0.2, -0.15) is 0 Å². The van der Waals surface area contributed by atoms with Crippen LogP contribution in [0.4, 0.5) is 0 Å². The van der Waals surface area contributed by atoms with E-state index in [0.717, 1.165) is 23.2 Å². The molecular formula is C16H15IO2. The molecule has 0 spiro atoms. The van der Waals surface area contributed by atoms with E-state index in [-0.39, 0.29) is 5.78 Å². The molecule has 0 saturated heterocycles. The van der Waals surface area contributed by atoms with Crippen molar-refractivity contribution in [3.63, 3.8) is 0 Å². The normalized spacial score (nSPS) is 10.2. The summed E-state index contributed by atoms with van der Waals surface area (Å²) in [5.74, 6) is 0.855. The van der Waals surface area contributed by atoms with Crippen molar-refractivity contribution in [3.8, 4) is 5.75 Å². The number of ketones is 1. The summed E-state index contributed by atoms with van der Waals surface area (Å²) in [4.78, 5) is 12.2. The minimum atomic E-state index is 0.0411. The highest BCUT2D eigenvalue weighted by Crippen LogP contribution is 2.15. The molecule has 0 unspecified atom stereocenters. The molecule has 0 radical (unpaired) electrons. The van der Waals surface area contributed by atoms with Crippen molar-refractivity contribution in [2.75, 3.05) is 11.0 Å². The van der Waals surface area contributed by atoms with E-state index >= 15 is 0 Å². The third-order valence-electron chi connectivity index (χ3n) is 2.70. The number of alkyl halides is 1. The zero-order valence-electron chi connectivity index (χ0n) is 10.5. The Bertz CT molecular complexity index is 520. The molecule has 19 heavy (non-hydrogen) atoms. The Hall–Kier alpha value is -1.36. The van der Waals surface area contributed by atoms with Crippen molar-refractivity contribution in [1.29, 1.82) is 0 Å². The lowest BCUT2D eigenvalue weighted by Crippen LogP contribution is -2.01. The van der Waals surface area contributed by atoms with E-state index in [9.17, 15) is 4.79 Å². The van der Waals surface area contributed by atoms with Gasteiger partial charge in [0.1, 0.15) is 5.75 Å². The van der Waals surface area contributed by atoms with Crippen LogP contribution < -0.4 is 4.74 Å². The van der Waals surface area contributed by atoms with Gasteiger partial charge in [-0.25, -0.2) is 0 Å². The Morgan fingerprint density at radius 1 is 0.947 bits per heavy atom. The van der Waals surface area contributed by atoms with Gasteiger partial charge in [0.2, 0.25) is 0 Å². The Labute approximate surface area is 126 Å². The Kier molecular flexibility index (Phi) is 5.39. The van der Waals surface area contributed by atoms with E-state index in [1.54, 1.807) is 0 Å². The van der Waals surface area contributed by atoms with E-state index in [0.29, 0.717) is 11.1 Å². The largest absolute Gasteiger partial charge is 0.494 e. The van der Waals surface area contributed by atoms with Crippen LogP contribution in [-0.4, -0.2) is 16.8 Å². The predicted molar refractivity (Wildman–Crippen MR) is 85.3 cm³/mol. The van der Waals surface area contributed by atoms with Crippen LogP contribution in [0.3, 0.4) is 0 Å². The molecule has 0 bridgehead atoms. The summed E-state index contributed by atoms with van der Waals surface area (Å²) in [5.41, 5.74) is 1.40. The van der Waals surface area contributed by atoms with E-state index in [1.807, 2.05) is 54.6 Å². The molecule has 0 aliphatic rings. The van der Waals surface area contributed by atoms with Gasteiger partial charge in [0.05, 0.1) is 6.61 Å². The van der Waals surface area contributed by atoms with Crippen molar-refractivity contribution >= 4 is 28.4 Å². The average Bonchev–Trinajstić information content (AvgIpc) is 2.48. The van der Waals surface area contributed by atoms with Gasteiger partial charge >= 0.3 is 0 Å². The highest BCUT2D eigenvalue weighted by molar-refractivity contribution is 14.1. The van der Waals surface area contributed by atoms with Crippen LogP contribution in [0.25, 0.3) is 0 Å². The van der Waals surface area contributed by atoms with Crippen LogP contribution in [0.5, 0.6) is 5.75 Å². The lowest BCUT2D eigenvalue weighted by atomic mass is 10.0. The third kappa shape index (κ3) is 4.06. The van der Waals surface area contributed by atoms with Crippen molar-refractivity contribution < 1.29 is 9.53 Å². The summed E-state index contributed by atoms with van der Waals surface area (Å²) in [6, 6.07) is 16.6. The van der Waals surface area contributed by atoms with Crippen LogP contribution in [0.15, 0.2) is 54.6 Å². The zero-order valence-corrected chi connectivity index (χ0v) is 12.7. The fraction of sp³-hybridized carbons (Fsp3) is 0.188. The minimum absolute atomic E-state index is 0.0411. The van der Waals surface area contributed by atoms with Gasteiger partial charge < -0.3 is 4.74 Å². The van der Waals surface area contributed by atoms with Crippen LogP contribution >= 0.6 is 22.6 Å². The van der Waals surface area contributed by atoms with Gasteiger partial charge in [-0.15, -0.1) is 0 Å². The molecule has 2 aromatic carbocycles. The molecule has 0 atom stereocenters. The van der Waals surface area contributed by atoms with Crippen LogP contribution in [0.1, 0.15) is 22.3 Å². The molecule has 0 fully saturated rings. The summed E-state index contributed by atoms with van der Waals surface area (Å²) in [6.07, 6.45) is 1.03. The molecule has 0 aromatic heterocycles. The summed E-state index contributed by atoms with van der Waals surface area (Å²) in [6.45, 7) is 0.717. The highest BCUT2D eigenvalue weighted by atomic mass is 127. The maximum Gasteiger partial charge on any atom is 0.193 e. The lowest BCUT2D eigenvalue weighted by Gasteiger charge is -2.06. The fourth-order valence-corrected chi connectivity index (χ4v) is 2.01. The van der Waals surface area contributed by atoms with Gasteiger partial charge in [-0.05, 0) is 30.7 Å². The third-order valence-corrected chi connectivity index (χ3v) is 3.46.